The molecule has 0 aliphatic carbocycles. The predicted molar refractivity (Wildman–Crippen MR) is 113 cm³/mol. The van der Waals surface area contributed by atoms with Gasteiger partial charge in [0.1, 0.15) is 11.6 Å². The van der Waals surface area contributed by atoms with E-state index in [1.807, 2.05) is 32.0 Å². The number of nitrogens with zero attached hydrogens (tertiary/aromatic N) is 2. The largest absolute Gasteiger partial charge is 0.467 e. The van der Waals surface area contributed by atoms with Gasteiger partial charge in [-0.1, -0.05) is 0 Å². The van der Waals surface area contributed by atoms with Crippen molar-refractivity contribution >= 4 is 23.6 Å². The molecule has 0 saturated carbocycles. The second kappa shape index (κ2) is 9.26. The molecule has 0 radical (unpaired) electrons. The molecule has 6 nitrogen and oxygen atoms in total. The average Bonchev–Trinajstić information content (AvgIpc) is 3.31. The molecule has 0 fully saturated rings. The van der Waals surface area contributed by atoms with Crippen LogP contribution in [-0.2, 0) is 16.1 Å². The van der Waals surface area contributed by atoms with E-state index in [-0.39, 0.29) is 24.2 Å². The van der Waals surface area contributed by atoms with E-state index in [0.29, 0.717) is 12.2 Å². The second-order valence-electron chi connectivity index (χ2n) is 7.07. The molecule has 0 spiro atoms. The van der Waals surface area contributed by atoms with E-state index in [1.165, 1.54) is 35.2 Å². The molecular formula is C23H24FN3O3. The fourth-order valence-electron chi connectivity index (χ4n) is 3.11. The summed E-state index contributed by atoms with van der Waals surface area (Å²) in [5.41, 5.74) is 3.48. The lowest BCUT2D eigenvalue weighted by Gasteiger charge is -2.14. The lowest BCUT2D eigenvalue weighted by molar-refractivity contribution is -0.129. The highest BCUT2D eigenvalue weighted by Gasteiger charge is 2.12. The van der Waals surface area contributed by atoms with Gasteiger partial charge in [-0.25, -0.2) is 4.39 Å². The van der Waals surface area contributed by atoms with Crippen molar-refractivity contribution in [3.05, 3.63) is 83.3 Å². The first-order valence-electron chi connectivity index (χ1n) is 9.51. The van der Waals surface area contributed by atoms with Crippen molar-refractivity contribution < 1.29 is 18.4 Å². The summed E-state index contributed by atoms with van der Waals surface area (Å²) in [7, 11) is 1.55. The van der Waals surface area contributed by atoms with Crippen molar-refractivity contribution in [3.8, 4) is 0 Å². The van der Waals surface area contributed by atoms with Gasteiger partial charge >= 0.3 is 0 Å². The number of benzene rings is 1. The van der Waals surface area contributed by atoms with Crippen LogP contribution in [0.1, 0.15) is 22.7 Å². The third-order valence-corrected chi connectivity index (χ3v) is 4.80. The second-order valence-corrected chi connectivity index (χ2v) is 7.07. The molecule has 0 aliphatic heterocycles. The van der Waals surface area contributed by atoms with E-state index < -0.39 is 0 Å². The van der Waals surface area contributed by atoms with Gasteiger partial charge in [0.15, 0.2) is 0 Å². The monoisotopic (exact) mass is 409 g/mol. The van der Waals surface area contributed by atoms with Gasteiger partial charge in [0.05, 0.1) is 19.4 Å². The Balaban J connectivity index is 1.59. The molecule has 7 heteroatoms. The van der Waals surface area contributed by atoms with Crippen molar-refractivity contribution in [2.75, 3.05) is 18.9 Å². The Labute approximate surface area is 174 Å². The molecule has 0 atom stereocenters. The van der Waals surface area contributed by atoms with Gasteiger partial charge in [-0.15, -0.1) is 0 Å². The average molecular weight is 409 g/mol. The minimum atomic E-state index is -0.381. The Kier molecular flexibility index (Phi) is 6.51. The summed E-state index contributed by atoms with van der Waals surface area (Å²) in [6.45, 7) is 4.49. The number of aromatic nitrogens is 1. The van der Waals surface area contributed by atoms with Crippen molar-refractivity contribution in [1.82, 2.24) is 9.47 Å². The highest BCUT2D eigenvalue weighted by molar-refractivity contribution is 5.97. The zero-order chi connectivity index (χ0) is 21.7. The van der Waals surface area contributed by atoms with Crippen LogP contribution in [0.5, 0.6) is 0 Å². The van der Waals surface area contributed by atoms with Crippen molar-refractivity contribution in [1.29, 1.82) is 0 Å². The third kappa shape index (κ3) is 5.26. The number of rotatable bonds is 7. The van der Waals surface area contributed by atoms with E-state index in [0.717, 1.165) is 22.7 Å². The number of halogens is 1. The van der Waals surface area contributed by atoms with E-state index >= 15 is 0 Å². The highest BCUT2D eigenvalue weighted by Crippen LogP contribution is 2.19. The van der Waals surface area contributed by atoms with Gasteiger partial charge in [0.25, 0.3) is 0 Å². The molecule has 1 N–H and O–H groups in total. The highest BCUT2D eigenvalue weighted by atomic mass is 19.1. The van der Waals surface area contributed by atoms with Crippen LogP contribution in [0.3, 0.4) is 0 Å². The Morgan fingerprint density at radius 3 is 2.60 bits per heavy atom. The maximum Gasteiger partial charge on any atom is 0.246 e. The standard InChI is InChI=1S/C23H24FN3O3/c1-16-13-18(17(2)27(16)14-21-5-4-12-30-21)6-11-23(29)26(3)15-22(28)25-20-9-7-19(24)8-10-20/h4-13H,14-15H2,1-3H3,(H,25,28)/b11-6+. The SMILES string of the molecule is Cc1cc(/C=C/C(=O)N(C)CC(=O)Nc2ccc(F)cc2)c(C)n1Cc1ccco1. The van der Waals surface area contributed by atoms with Crippen LogP contribution in [0.4, 0.5) is 10.1 Å². The van der Waals surface area contributed by atoms with Crippen LogP contribution >= 0.6 is 0 Å². The van der Waals surface area contributed by atoms with Crippen molar-refractivity contribution in [2.24, 2.45) is 0 Å². The molecule has 3 rings (SSSR count). The maximum atomic E-state index is 12.9. The molecule has 30 heavy (non-hydrogen) atoms. The van der Waals surface area contributed by atoms with E-state index in [9.17, 15) is 14.0 Å². The summed E-state index contributed by atoms with van der Waals surface area (Å²) in [5.74, 6) is -0.174. The van der Waals surface area contributed by atoms with Crippen LogP contribution in [0, 0.1) is 19.7 Å². The Bertz CT molecular complexity index is 1050. The molecule has 2 heterocycles. The Morgan fingerprint density at radius 2 is 1.93 bits per heavy atom. The molecule has 0 saturated heterocycles. The summed E-state index contributed by atoms with van der Waals surface area (Å²) >= 11 is 0. The fourth-order valence-corrected chi connectivity index (χ4v) is 3.11. The number of carbonyl (C=O) groups is 2. The number of amides is 2. The van der Waals surface area contributed by atoms with Crippen molar-refractivity contribution in [2.45, 2.75) is 20.4 Å². The van der Waals surface area contributed by atoms with Gasteiger partial charge in [-0.2, -0.15) is 0 Å². The molecule has 0 unspecified atom stereocenters. The van der Waals surface area contributed by atoms with Gasteiger partial charge in [-0.3, -0.25) is 9.59 Å². The number of nitrogens with one attached hydrogen (secondary N) is 1. The predicted octanol–water partition coefficient (Wildman–Crippen LogP) is 4.00. The van der Waals surface area contributed by atoms with Crippen LogP contribution in [-0.4, -0.2) is 34.9 Å². The number of hydrogen-bond acceptors (Lipinski definition) is 3. The Hall–Kier alpha value is -3.61. The lowest BCUT2D eigenvalue weighted by Crippen LogP contribution is -2.33. The minimum absolute atomic E-state index is 0.113. The molecule has 0 aliphatic rings. The normalized spacial score (nSPS) is 11.1. The van der Waals surface area contributed by atoms with E-state index in [2.05, 4.69) is 9.88 Å². The zero-order valence-corrected chi connectivity index (χ0v) is 17.2. The topological polar surface area (TPSA) is 67.5 Å². The number of aryl methyl sites for hydroxylation is 1. The molecular weight excluding hydrogens is 385 g/mol. The van der Waals surface area contributed by atoms with Gasteiger partial charge < -0.3 is 19.2 Å². The molecule has 3 aromatic rings. The number of furan rings is 1. The zero-order valence-electron chi connectivity index (χ0n) is 17.2. The van der Waals surface area contributed by atoms with Crippen LogP contribution in [0.15, 0.2) is 59.2 Å². The summed E-state index contributed by atoms with van der Waals surface area (Å²) in [6.07, 6.45) is 4.84. The number of likely N-dealkylation sites (N-methyl/N-ethyl adjacent to an activating group) is 1. The Morgan fingerprint density at radius 1 is 1.20 bits per heavy atom. The summed E-state index contributed by atoms with van der Waals surface area (Å²) in [5, 5.41) is 2.63. The number of hydrogen-bond donors (Lipinski definition) is 1. The summed E-state index contributed by atoms with van der Waals surface area (Å²) in [6, 6.07) is 11.2. The van der Waals surface area contributed by atoms with Crippen LogP contribution in [0.2, 0.25) is 0 Å². The van der Waals surface area contributed by atoms with E-state index in [1.54, 1.807) is 19.4 Å². The molecule has 0 bridgehead atoms. The van der Waals surface area contributed by atoms with Gasteiger partial charge in [0.2, 0.25) is 11.8 Å². The molecule has 1 aromatic carbocycles. The first kappa shape index (κ1) is 21.1. The molecule has 2 aromatic heterocycles. The fraction of sp³-hybridized carbons (Fsp3) is 0.217. The molecule has 156 valence electrons. The third-order valence-electron chi connectivity index (χ3n) is 4.80. The quantitative estimate of drug-likeness (QED) is 0.600. The molecule has 2 amide bonds. The first-order chi connectivity index (χ1) is 14.3. The lowest BCUT2D eigenvalue weighted by atomic mass is 10.2. The van der Waals surface area contributed by atoms with Crippen LogP contribution < -0.4 is 5.32 Å². The smallest absolute Gasteiger partial charge is 0.246 e. The maximum absolute atomic E-state index is 12.9. The first-order valence-corrected chi connectivity index (χ1v) is 9.51. The van der Waals surface area contributed by atoms with Gasteiger partial charge in [0, 0.05) is 30.2 Å². The van der Waals surface area contributed by atoms with Crippen molar-refractivity contribution in [3.63, 3.8) is 0 Å². The van der Waals surface area contributed by atoms with E-state index in [4.69, 9.17) is 4.42 Å². The van der Waals surface area contributed by atoms with Gasteiger partial charge in [-0.05, 0) is 68.0 Å². The number of carbonyl (C=O) groups excluding carboxylic acids is 2. The van der Waals surface area contributed by atoms with Crippen LogP contribution in [0.25, 0.3) is 6.08 Å². The summed E-state index contributed by atoms with van der Waals surface area (Å²) in [4.78, 5) is 25.8. The number of anilines is 1. The summed E-state index contributed by atoms with van der Waals surface area (Å²) < 4.78 is 20.5. The minimum Gasteiger partial charge on any atom is -0.467 e.